The molecule has 3 atom stereocenters. The zero-order chi connectivity index (χ0) is 21.4. The van der Waals surface area contributed by atoms with E-state index in [1.54, 1.807) is 19.9 Å². The number of hydrogen-bond donors (Lipinski definition) is 2. The van der Waals surface area contributed by atoms with Crippen molar-refractivity contribution in [2.75, 3.05) is 0 Å². The van der Waals surface area contributed by atoms with Crippen LogP contribution in [0.15, 0.2) is 50.7 Å². The zero-order valence-electron chi connectivity index (χ0n) is 18.1. The lowest BCUT2D eigenvalue weighted by Gasteiger charge is -2.16. The molecule has 0 aliphatic carbocycles. The van der Waals surface area contributed by atoms with Gasteiger partial charge in [-0.2, -0.15) is 0 Å². The monoisotopic (exact) mass is 386 g/mol. The first kappa shape index (κ1) is 23.7. The molecule has 0 radical (unpaired) electrons. The summed E-state index contributed by atoms with van der Waals surface area (Å²) in [5.41, 5.74) is 2.37. The first-order valence-corrected chi connectivity index (χ1v) is 9.75. The third kappa shape index (κ3) is 6.68. The fourth-order valence-corrected chi connectivity index (χ4v) is 2.85. The molecule has 0 fully saturated rings. The van der Waals surface area contributed by atoms with Crippen molar-refractivity contribution in [1.29, 1.82) is 0 Å². The summed E-state index contributed by atoms with van der Waals surface area (Å²) in [7, 11) is 0. The van der Waals surface area contributed by atoms with Gasteiger partial charge >= 0.3 is 5.63 Å². The van der Waals surface area contributed by atoms with Gasteiger partial charge in [0, 0.05) is 11.5 Å². The molecule has 0 aromatic carbocycles. The summed E-state index contributed by atoms with van der Waals surface area (Å²) in [5, 5.41) is 20.2. The van der Waals surface area contributed by atoms with E-state index < -0.39 is 11.7 Å². The highest BCUT2D eigenvalue weighted by atomic mass is 16.4. The Morgan fingerprint density at radius 2 is 1.82 bits per heavy atom. The van der Waals surface area contributed by atoms with Crippen LogP contribution in [0, 0.1) is 25.7 Å². The van der Waals surface area contributed by atoms with Gasteiger partial charge in [-0.05, 0) is 58.6 Å². The second kappa shape index (κ2) is 10.9. The standard InChI is InChI=1S/C24H34O4/c1-8-17(4)22(25)18(5)14-16(3)11-9-10-15(2)12-13-21-19(6)23(26)20(7)24(27)28-21/h8-9,11-15,18,22,25-26H,10H2,1-7H3/b11-9+,13-12+,16-14+,17-8+/t15-,18-,22+/m0/s1. The van der Waals surface area contributed by atoms with Gasteiger partial charge in [-0.25, -0.2) is 4.79 Å². The highest BCUT2D eigenvalue weighted by molar-refractivity contribution is 5.52. The Hall–Kier alpha value is -2.33. The van der Waals surface area contributed by atoms with Gasteiger partial charge < -0.3 is 14.6 Å². The van der Waals surface area contributed by atoms with Crippen LogP contribution in [-0.4, -0.2) is 16.3 Å². The molecule has 1 aromatic heterocycles. The summed E-state index contributed by atoms with van der Waals surface area (Å²) >= 11 is 0. The van der Waals surface area contributed by atoms with Crippen LogP contribution in [0.1, 0.15) is 57.9 Å². The SMILES string of the molecule is C/C=C(\C)[C@@H](O)[C@@H](C)/C=C(C)/C=C/C[C@H](C)/C=C/c1oc(=O)c(C)c(O)c1C. The molecule has 28 heavy (non-hydrogen) atoms. The molecule has 2 N–H and O–H groups in total. The van der Waals surface area contributed by atoms with Gasteiger partial charge in [0.1, 0.15) is 11.5 Å². The van der Waals surface area contributed by atoms with E-state index in [-0.39, 0.29) is 23.1 Å². The Kier molecular flexibility index (Phi) is 9.20. The molecular formula is C24H34O4. The number of allylic oxidation sites excluding steroid dienone is 5. The Bertz CT molecular complexity index is 837. The Morgan fingerprint density at radius 1 is 1.18 bits per heavy atom. The predicted octanol–water partition coefficient (Wildman–Crippen LogP) is 5.47. The van der Waals surface area contributed by atoms with Gasteiger partial charge in [-0.3, -0.25) is 0 Å². The van der Waals surface area contributed by atoms with Crippen molar-refractivity contribution in [2.24, 2.45) is 11.8 Å². The minimum absolute atomic E-state index is 0.00586. The van der Waals surface area contributed by atoms with E-state index in [0.717, 1.165) is 17.6 Å². The van der Waals surface area contributed by atoms with E-state index >= 15 is 0 Å². The minimum atomic E-state index is -0.513. The van der Waals surface area contributed by atoms with E-state index in [2.05, 4.69) is 25.2 Å². The molecule has 1 aromatic rings. The van der Waals surface area contributed by atoms with E-state index in [9.17, 15) is 15.0 Å². The quantitative estimate of drug-likeness (QED) is 0.459. The average molecular weight is 387 g/mol. The molecule has 1 heterocycles. The number of aliphatic hydroxyl groups is 1. The van der Waals surface area contributed by atoms with Crippen LogP contribution in [0.4, 0.5) is 0 Å². The van der Waals surface area contributed by atoms with E-state index in [1.165, 1.54) is 0 Å². The van der Waals surface area contributed by atoms with Crippen LogP contribution in [0.3, 0.4) is 0 Å². The largest absolute Gasteiger partial charge is 0.507 e. The maximum absolute atomic E-state index is 11.7. The van der Waals surface area contributed by atoms with Crippen LogP contribution in [-0.2, 0) is 0 Å². The second-order valence-electron chi connectivity index (χ2n) is 7.57. The van der Waals surface area contributed by atoms with Gasteiger partial charge in [0.15, 0.2) is 0 Å². The molecule has 154 valence electrons. The molecule has 0 aliphatic heterocycles. The summed E-state index contributed by atoms with van der Waals surface area (Å²) in [6, 6.07) is 0. The van der Waals surface area contributed by atoms with Gasteiger partial charge in [0.2, 0.25) is 0 Å². The second-order valence-corrected chi connectivity index (χ2v) is 7.57. The normalized spacial score (nSPS) is 16.7. The smallest absolute Gasteiger partial charge is 0.342 e. The highest BCUT2D eigenvalue weighted by Crippen LogP contribution is 2.23. The summed E-state index contributed by atoms with van der Waals surface area (Å²) in [6.07, 6.45) is 12.2. The summed E-state index contributed by atoms with van der Waals surface area (Å²) < 4.78 is 5.25. The summed E-state index contributed by atoms with van der Waals surface area (Å²) in [6.45, 7) is 13.3. The molecule has 0 saturated heterocycles. The number of aromatic hydroxyl groups is 1. The molecule has 0 saturated carbocycles. The number of aliphatic hydroxyl groups excluding tert-OH is 1. The first-order chi connectivity index (χ1) is 13.1. The van der Waals surface area contributed by atoms with E-state index in [0.29, 0.717) is 11.3 Å². The highest BCUT2D eigenvalue weighted by Gasteiger charge is 2.13. The van der Waals surface area contributed by atoms with Gasteiger partial charge in [-0.1, -0.05) is 49.8 Å². The third-order valence-corrected chi connectivity index (χ3v) is 5.00. The van der Waals surface area contributed by atoms with Gasteiger partial charge in [-0.15, -0.1) is 0 Å². The van der Waals surface area contributed by atoms with Crippen molar-refractivity contribution in [3.05, 3.63) is 68.8 Å². The molecule has 0 spiro atoms. The predicted molar refractivity (Wildman–Crippen MR) is 116 cm³/mol. The molecule has 0 bridgehead atoms. The lowest BCUT2D eigenvalue weighted by molar-refractivity contribution is 0.173. The number of rotatable bonds is 8. The summed E-state index contributed by atoms with van der Waals surface area (Å²) in [5.74, 6) is 0.680. The maximum atomic E-state index is 11.7. The maximum Gasteiger partial charge on any atom is 0.342 e. The van der Waals surface area contributed by atoms with Crippen molar-refractivity contribution in [3.63, 3.8) is 0 Å². The molecule has 4 nitrogen and oxygen atoms in total. The Balaban J connectivity index is 2.72. The van der Waals surface area contributed by atoms with Gasteiger partial charge in [0.05, 0.1) is 11.7 Å². The number of hydrogen-bond acceptors (Lipinski definition) is 4. The minimum Gasteiger partial charge on any atom is -0.507 e. The molecule has 0 amide bonds. The lowest BCUT2D eigenvalue weighted by Crippen LogP contribution is -2.17. The van der Waals surface area contributed by atoms with Crippen LogP contribution >= 0.6 is 0 Å². The topological polar surface area (TPSA) is 70.7 Å². The van der Waals surface area contributed by atoms with Gasteiger partial charge in [0.25, 0.3) is 0 Å². The van der Waals surface area contributed by atoms with Crippen molar-refractivity contribution >= 4 is 6.08 Å². The fourth-order valence-electron chi connectivity index (χ4n) is 2.85. The van der Waals surface area contributed by atoms with E-state index in [1.807, 2.05) is 39.8 Å². The Labute approximate surface area is 168 Å². The fraction of sp³-hybridized carbons (Fsp3) is 0.458. The average Bonchev–Trinajstić information content (AvgIpc) is 2.66. The molecule has 4 heteroatoms. The third-order valence-electron chi connectivity index (χ3n) is 5.00. The van der Waals surface area contributed by atoms with Crippen LogP contribution in [0.2, 0.25) is 0 Å². The zero-order valence-corrected chi connectivity index (χ0v) is 18.1. The molecular weight excluding hydrogens is 352 g/mol. The van der Waals surface area contributed by atoms with Crippen molar-refractivity contribution in [3.8, 4) is 5.75 Å². The van der Waals surface area contributed by atoms with Crippen LogP contribution in [0.5, 0.6) is 5.75 Å². The first-order valence-electron chi connectivity index (χ1n) is 9.75. The van der Waals surface area contributed by atoms with Crippen LogP contribution < -0.4 is 5.63 Å². The van der Waals surface area contributed by atoms with Crippen molar-refractivity contribution in [1.82, 2.24) is 0 Å². The molecule has 0 unspecified atom stereocenters. The van der Waals surface area contributed by atoms with Crippen LogP contribution in [0.25, 0.3) is 6.08 Å². The van der Waals surface area contributed by atoms with E-state index in [4.69, 9.17) is 4.42 Å². The Morgan fingerprint density at radius 3 is 2.43 bits per heavy atom. The summed E-state index contributed by atoms with van der Waals surface area (Å²) in [4.78, 5) is 11.7. The van der Waals surface area contributed by atoms with Crippen molar-refractivity contribution in [2.45, 2.75) is 61.0 Å². The van der Waals surface area contributed by atoms with Crippen molar-refractivity contribution < 1.29 is 14.6 Å². The molecule has 1 rings (SSSR count). The lowest BCUT2D eigenvalue weighted by atomic mass is 9.96. The molecule has 0 aliphatic rings.